The lowest BCUT2D eigenvalue weighted by atomic mass is 9.75. The topological polar surface area (TPSA) is 75.5 Å². The molecule has 1 spiro atoms. The summed E-state index contributed by atoms with van der Waals surface area (Å²) in [5, 5.41) is 3.22. The number of ether oxygens (including phenoxy) is 1. The molecule has 1 unspecified atom stereocenters. The van der Waals surface area contributed by atoms with Crippen molar-refractivity contribution in [3.63, 3.8) is 0 Å². The molecule has 0 amide bonds. The highest BCUT2D eigenvalue weighted by atomic mass is 16.5. The first kappa shape index (κ1) is 14.8. The first-order valence-electron chi connectivity index (χ1n) is 8.76. The van der Waals surface area contributed by atoms with Crippen LogP contribution in [0.15, 0.2) is 41.9 Å². The van der Waals surface area contributed by atoms with Crippen LogP contribution in [0.4, 0.5) is 5.82 Å². The summed E-state index contributed by atoms with van der Waals surface area (Å²) in [5.41, 5.74) is 1.71. The van der Waals surface area contributed by atoms with Gasteiger partial charge in [-0.3, -0.25) is 15.2 Å². The number of amidine groups is 1. The van der Waals surface area contributed by atoms with Crippen LogP contribution in [-0.2, 0) is 4.74 Å². The van der Waals surface area contributed by atoms with Gasteiger partial charge in [0, 0.05) is 36.5 Å². The van der Waals surface area contributed by atoms with E-state index >= 15 is 0 Å². The second-order valence-electron chi connectivity index (χ2n) is 6.99. The molecule has 0 radical (unpaired) electrons. The van der Waals surface area contributed by atoms with Gasteiger partial charge in [-0.25, -0.2) is 15.0 Å². The third kappa shape index (κ3) is 2.64. The molecule has 0 aromatic carbocycles. The Kier molecular flexibility index (Phi) is 3.41. The molecule has 2 aromatic rings. The number of aromatic nitrogens is 3. The molecular weight excluding hydrogens is 316 g/mol. The number of pyridine rings is 1. The molecule has 1 N–H and O–H groups in total. The molecule has 3 saturated heterocycles. The van der Waals surface area contributed by atoms with Gasteiger partial charge in [0.25, 0.3) is 6.02 Å². The van der Waals surface area contributed by atoms with Crippen molar-refractivity contribution in [1.29, 1.82) is 0 Å². The summed E-state index contributed by atoms with van der Waals surface area (Å²) in [6, 6.07) is 6.34. The quantitative estimate of drug-likeness (QED) is 0.901. The Bertz CT molecular complexity index is 802. The van der Waals surface area contributed by atoms with Crippen molar-refractivity contribution < 1.29 is 4.74 Å². The summed E-state index contributed by atoms with van der Waals surface area (Å²) in [6.07, 6.45) is 7.49. The van der Waals surface area contributed by atoms with Gasteiger partial charge in [-0.1, -0.05) is 0 Å². The van der Waals surface area contributed by atoms with Crippen molar-refractivity contribution in [2.75, 3.05) is 31.5 Å². The molecule has 0 saturated carbocycles. The Morgan fingerprint density at radius 3 is 2.76 bits per heavy atom. The molecule has 6 heterocycles. The van der Waals surface area contributed by atoms with Crippen molar-refractivity contribution in [3.8, 4) is 11.3 Å². The van der Waals surface area contributed by atoms with Crippen LogP contribution in [-0.4, -0.2) is 57.7 Å². The van der Waals surface area contributed by atoms with E-state index in [1.807, 2.05) is 18.2 Å². The average Bonchev–Trinajstić information content (AvgIpc) is 3.05. The summed E-state index contributed by atoms with van der Waals surface area (Å²) in [7, 11) is 0. The number of hydrogen-bond donors (Lipinski definition) is 1. The van der Waals surface area contributed by atoms with E-state index in [1.165, 1.54) is 25.9 Å². The van der Waals surface area contributed by atoms with Gasteiger partial charge in [0.05, 0.1) is 12.2 Å². The minimum atomic E-state index is -0.139. The fourth-order valence-corrected chi connectivity index (χ4v) is 4.16. The van der Waals surface area contributed by atoms with E-state index in [0.717, 1.165) is 24.3 Å². The molecule has 0 aliphatic carbocycles. The first-order chi connectivity index (χ1) is 12.3. The van der Waals surface area contributed by atoms with E-state index in [0.29, 0.717) is 17.8 Å². The zero-order valence-corrected chi connectivity index (χ0v) is 13.9. The zero-order valence-electron chi connectivity index (χ0n) is 13.9. The molecule has 7 nitrogen and oxygen atoms in total. The summed E-state index contributed by atoms with van der Waals surface area (Å²) in [5.74, 6) is 1.30. The van der Waals surface area contributed by atoms with E-state index in [1.54, 1.807) is 18.7 Å². The maximum Gasteiger partial charge on any atom is 0.291 e. The lowest BCUT2D eigenvalue weighted by Crippen LogP contribution is -2.61. The van der Waals surface area contributed by atoms with Crippen LogP contribution < -0.4 is 5.32 Å². The summed E-state index contributed by atoms with van der Waals surface area (Å²) in [6.45, 7) is 4.11. The summed E-state index contributed by atoms with van der Waals surface area (Å²) in [4.78, 5) is 19.8. The molecule has 1 atom stereocenters. The number of aliphatic imine (C=N–C) groups is 1. The summed E-state index contributed by atoms with van der Waals surface area (Å²) < 4.78 is 6.30. The van der Waals surface area contributed by atoms with Crippen molar-refractivity contribution in [1.82, 2.24) is 19.9 Å². The number of piperidine rings is 3. The van der Waals surface area contributed by atoms with Crippen LogP contribution in [0, 0.1) is 5.92 Å². The largest absolute Gasteiger partial charge is 0.455 e. The molecule has 25 heavy (non-hydrogen) atoms. The highest BCUT2D eigenvalue weighted by molar-refractivity contribution is 5.90. The number of nitrogens with zero attached hydrogens (tertiary/aromatic N) is 5. The highest BCUT2D eigenvalue weighted by Gasteiger charge is 2.51. The fraction of sp³-hybridized carbons (Fsp3) is 0.444. The number of nitrogens with one attached hydrogen (secondary N) is 1. The zero-order chi connectivity index (χ0) is 16.7. The van der Waals surface area contributed by atoms with Gasteiger partial charge >= 0.3 is 0 Å². The van der Waals surface area contributed by atoms with Crippen LogP contribution in [0.25, 0.3) is 11.3 Å². The van der Waals surface area contributed by atoms with E-state index in [-0.39, 0.29) is 5.60 Å². The molecular formula is C18H20N6O. The molecule has 128 valence electrons. The minimum Gasteiger partial charge on any atom is -0.455 e. The van der Waals surface area contributed by atoms with E-state index in [2.05, 4.69) is 30.2 Å². The molecule has 4 aliphatic heterocycles. The van der Waals surface area contributed by atoms with Gasteiger partial charge in [0.15, 0.2) is 0 Å². The second-order valence-corrected chi connectivity index (χ2v) is 6.99. The van der Waals surface area contributed by atoms with Crippen LogP contribution >= 0.6 is 0 Å². The molecule has 2 aromatic heterocycles. The van der Waals surface area contributed by atoms with Crippen molar-refractivity contribution in [3.05, 3.63) is 36.9 Å². The Labute approximate surface area is 146 Å². The average molecular weight is 336 g/mol. The Balaban J connectivity index is 1.32. The van der Waals surface area contributed by atoms with Gasteiger partial charge < -0.3 is 4.74 Å². The molecule has 3 fully saturated rings. The van der Waals surface area contributed by atoms with Crippen molar-refractivity contribution >= 4 is 11.8 Å². The summed E-state index contributed by atoms with van der Waals surface area (Å²) >= 11 is 0. The van der Waals surface area contributed by atoms with Gasteiger partial charge in [0.2, 0.25) is 0 Å². The number of anilines is 1. The van der Waals surface area contributed by atoms with Crippen molar-refractivity contribution in [2.24, 2.45) is 10.9 Å². The van der Waals surface area contributed by atoms with Crippen LogP contribution in [0.3, 0.4) is 0 Å². The van der Waals surface area contributed by atoms with E-state index in [9.17, 15) is 0 Å². The monoisotopic (exact) mass is 336 g/mol. The van der Waals surface area contributed by atoms with E-state index < -0.39 is 0 Å². The van der Waals surface area contributed by atoms with Crippen LogP contribution in [0.5, 0.6) is 0 Å². The SMILES string of the molecule is c1cc(-c2cc(NC3=NCC4(CN5CCC4CC5)O3)ncn2)ccn1. The second kappa shape index (κ2) is 5.77. The number of rotatable bonds is 2. The minimum absolute atomic E-state index is 0.139. The van der Waals surface area contributed by atoms with Gasteiger partial charge in [-0.2, -0.15) is 0 Å². The Morgan fingerprint density at radius 1 is 1.16 bits per heavy atom. The Morgan fingerprint density at radius 2 is 2.00 bits per heavy atom. The van der Waals surface area contributed by atoms with Gasteiger partial charge in [-0.15, -0.1) is 0 Å². The maximum atomic E-state index is 6.30. The maximum absolute atomic E-state index is 6.30. The lowest BCUT2D eigenvalue weighted by molar-refractivity contribution is -0.0829. The third-order valence-electron chi connectivity index (χ3n) is 5.49. The Hall–Kier alpha value is -2.54. The van der Waals surface area contributed by atoms with Crippen LogP contribution in [0.2, 0.25) is 0 Å². The fourth-order valence-electron chi connectivity index (χ4n) is 4.16. The predicted octanol–water partition coefficient (Wildman–Crippen LogP) is 1.80. The molecule has 6 rings (SSSR count). The first-order valence-corrected chi connectivity index (χ1v) is 8.76. The highest BCUT2D eigenvalue weighted by Crippen LogP contribution is 2.40. The van der Waals surface area contributed by atoms with Gasteiger partial charge in [0.1, 0.15) is 17.7 Å². The lowest BCUT2D eigenvalue weighted by Gasteiger charge is -2.50. The van der Waals surface area contributed by atoms with E-state index in [4.69, 9.17) is 4.74 Å². The predicted molar refractivity (Wildman–Crippen MR) is 94.2 cm³/mol. The third-order valence-corrected chi connectivity index (χ3v) is 5.49. The number of hydrogen-bond acceptors (Lipinski definition) is 7. The van der Waals surface area contributed by atoms with Gasteiger partial charge in [-0.05, 0) is 38.1 Å². The molecule has 2 bridgehead atoms. The normalized spacial score (nSPS) is 30.2. The molecule has 7 heteroatoms. The molecule has 4 aliphatic rings. The number of fused-ring (bicyclic) bond motifs is 2. The standard InChI is InChI=1S/C18H20N6O/c1-5-19-6-2-13(1)15-9-16(22-12-21-15)23-17-20-10-18(25-17)11-24-7-3-14(18)4-8-24/h1-2,5-6,9,12,14H,3-4,7-8,10-11H2,(H,20,21,22,23). The smallest absolute Gasteiger partial charge is 0.291 e. The van der Waals surface area contributed by atoms with Crippen molar-refractivity contribution in [2.45, 2.75) is 18.4 Å². The van der Waals surface area contributed by atoms with Crippen LogP contribution in [0.1, 0.15) is 12.8 Å².